The summed E-state index contributed by atoms with van der Waals surface area (Å²) in [5.74, 6) is -5.77. The molecule has 2 aromatic rings. The lowest BCUT2D eigenvalue weighted by Gasteiger charge is -2.29. The minimum absolute atomic E-state index is 0.100. The first kappa shape index (κ1) is 24.9. The van der Waals surface area contributed by atoms with Crippen molar-refractivity contribution in [2.45, 2.75) is 38.4 Å². The first-order chi connectivity index (χ1) is 16.9. The van der Waals surface area contributed by atoms with Crippen LogP contribution in [-0.4, -0.2) is 41.1 Å². The number of rotatable bonds is 5. The molecule has 1 fully saturated rings. The number of carbonyl (C=O) groups is 4. The molecular weight excluding hydrogens is 497 g/mol. The van der Waals surface area contributed by atoms with Gasteiger partial charge in [-0.25, -0.2) is 13.6 Å². The molecule has 9 nitrogen and oxygen atoms in total. The zero-order chi connectivity index (χ0) is 26.2. The third-order valence-electron chi connectivity index (χ3n) is 5.45. The molecule has 0 aliphatic carbocycles. The molecular formula is C22H16F5N3O6. The maximum Gasteiger partial charge on any atom is 0.573 e. The van der Waals surface area contributed by atoms with E-state index < -0.39 is 65.9 Å². The van der Waals surface area contributed by atoms with Crippen LogP contribution in [0.3, 0.4) is 0 Å². The molecule has 14 heteroatoms. The normalized spacial score (nSPS) is 17.5. The van der Waals surface area contributed by atoms with E-state index >= 15 is 0 Å². The van der Waals surface area contributed by atoms with Crippen molar-refractivity contribution in [3.8, 4) is 5.75 Å². The molecule has 1 atom stereocenters. The number of imide groups is 1. The third kappa shape index (κ3) is 5.37. The van der Waals surface area contributed by atoms with E-state index in [1.807, 2.05) is 5.32 Å². The van der Waals surface area contributed by atoms with Crippen LogP contribution < -0.4 is 15.4 Å². The first-order valence-corrected chi connectivity index (χ1v) is 10.4. The van der Waals surface area contributed by atoms with Gasteiger partial charge in [0.05, 0.1) is 5.69 Å². The lowest BCUT2D eigenvalue weighted by molar-refractivity contribution is -0.275. The van der Waals surface area contributed by atoms with Crippen LogP contribution in [0.4, 0.5) is 32.4 Å². The zero-order valence-electron chi connectivity index (χ0n) is 18.1. The van der Waals surface area contributed by atoms with Crippen molar-refractivity contribution < 1.29 is 50.6 Å². The number of halogens is 5. The van der Waals surface area contributed by atoms with Crippen molar-refractivity contribution in [2.24, 2.45) is 0 Å². The second kappa shape index (κ2) is 9.43. The Bertz CT molecular complexity index is 1270. The minimum Gasteiger partial charge on any atom is -0.444 e. The number of hydrogen-bond acceptors (Lipinski definition) is 6. The number of nitrogens with zero attached hydrogens (tertiary/aromatic N) is 1. The maximum absolute atomic E-state index is 13.9. The van der Waals surface area contributed by atoms with Crippen LogP contribution in [0, 0.1) is 11.6 Å². The fraction of sp³-hybridized carbons (Fsp3) is 0.273. The molecule has 2 heterocycles. The zero-order valence-corrected chi connectivity index (χ0v) is 18.1. The van der Waals surface area contributed by atoms with E-state index in [4.69, 9.17) is 4.74 Å². The van der Waals surface area contributed by atoms with Crippen molar-refractivity contribution in [1.29, 1.82) is 0 Å². The van der Waals surface area contributed by atoms with E-state index in [1.165, 1.54) is 11.0 Å². The number of ether oxygens (including phenoxy) is 2. The molecule has 0 bridgehead atoms. The Hall–Kier alpha value is -4.23. The van der Waals surface area contributed by atoms with Gasteiger partial charge < -0.3 is 14.4 Å². The molecule has 0 saturated carbocycles. The van der Waals surface area contributed by atoms with E-state index in [0.717, 1.165) is 0 Å². The van der Waals surface area contributed by atoms with Crippen molar-refractivity contribution >= 4 is 29.5 Å². The molecule has 1 unspecified atom stereocenters. The smallest absolute Gasteiger partial charge is 0.444 e. The Morgan fingerprint density at radius 1 is 1.11 bits per heavy atom. The first-order valence-electron chi connectivity index (χ1n) is 10.4. The van der Waals surface area contributed by atoms with Crippen LogP contribution in [0.25, 0.3) is 0 Å². The monoisotopic (exact) mass is 513 g/mol. The number of amides is 4. The highest BCUT2D eigenvalue weighted by atomic mass is 19.4. The van der Waals surface area contributed by atoms with Gasteiger partial charge in [0.15, 0.2) is 11.6 Å². The van der Waals surface area contributed by atoms with Crippen molar-refractivity contribution in [1.82, 2.24) is 10.2 Å². The standard InChI is InChI=1S/C22H16F5N3O6/c23-13-6-14(24)17(36-22(25,26)27)7-15(13)28-21(34)35-9-10-1-2-11-8-30(20(33)12(11)5-10)16-3-4-18(31)29-19(16)32/h1-2,5-7,16H,3-4,8-9H2,(H,28,34)(H,29,31,32). The molecule has 4 rings (SSSR count). The minimum atomic E-state index is -5.24. The fourth-order valence-corrected chi connectivity index (χ4v) is 3.81. The highest BCUT2D eigenvalue weighted by Crippen LogP contribution is 2.31. The predicted molar refractivity (Wildman–Crippen MR) is 109 cm³/mol. The molecule has 36 heavy (non-hydrogen) atoms. The van der Waals surface area contributed by atoms with E-state index in [0.29, 0.717) is 17.2 Å². The highest BCUT2D eigenvalue weighted by Gasteiger charge is 2.39. The molecule has 2 N–H and O–H groups in total. The van der Waals surface area contributed by atoms with Crippen molar-refractivity contribution in [3.05, 3.63) is 58.7 Å². The van der Waals surface area contributed by atoms with Gasteiger partial charge in [-0.1, -0.05) is 12.1 Å². The summed E-state index contributed by atoms with van der Waals surface area (Å²) in [7, 11) is 0. The number of anilines is 1. The number of hydrogen-bond donors (Lipinski definition) is 2. The Morgan fingerprint density at radius 2 is 1.86 bits per heavy atom. The van der Waals surface area contributed by atoms with Crippen molar-refractivity contribution in [3.63, 3.8) is 0 Å². The Kier molecular flexibility index (Phi) is 6.52. The number of piperidine rings is 1. The van der Waals surface area contributed by atoms with E-state index in [-0.39, 0.29) is 31.0 Å². The average molecular weight is 513 g/mol. The van der Waals surface area contributed by atoms with Gasteiger partial charge in [0.25, 0.3) is 5.91 Å². The second-order valence-electron chi connectivity index (χ2n) is 7.90. The van der Waals surface area contributed by atoms with E-state index in [9.17, 15) is 41.1 Å². The van der Waals surface area contributed by atoms with Gasteiger partial charge in [0.1, 0.15) is 18.5 Å². The molecule has 2 aliphatic heterocycles. The number of alkyl halides is 3. The molecule has 4 amide bonds. The average Bonchev–Trinajstić information content (AvgIpc) is 3.10. The van der Waals surface area contributed by atoms with E-state index in [2.05, 4.69) is 10.1 Å². The quantitative estimate of drug-likeness (QED) is 0.468. The van der Waals surface area contributed by atoms with Gasteiger partial charge in [-0.3, -0.25) is 25.0 Å². The van der Waals surface area contributed by atoms with E-state index in [1.54, 1.807) is 12.1 Å². The van der Waals surface area contributed by atoms with Crippen LogP contribution in [0.15, 0.2) is 30.3 Å². The van der Waals surface area contributed by atoms with Gasteiger partial charge in [-0.05, 0) is 23.6 Å². The molecule has 1 saturated heterocycles. The Labute approximate surface area is 199 Å². The number of carbonyl (C=O) groups excluding carboxylic acids is 4. The number of nitrogens with one attached hydrogen (secondary N) is 2. The Balaban J connectivity index is 1.39. The van der Waals surface area contributed by atoms with Gasteiger partial charge in [0.2, 0.25) is 11.8 Å². The van der Waals surface area contributed by atoms with Gasteiger partial charge in [-0.2, -0.15) is 0 Å². The van der Waals surface area contributed by atoms with Crippen LogP contribution in [-0.2, 0) is 27.5 Å². The van der Waals surface area contributed by atoms with Crippen LogP contribution >= 0.6 is 0 Å². The Morgan fingerprint density at radius 3 is 2.56 bits per heavy atom. The summed E-state index contributed by atoms with van der Waals surface area (Å²) in [6.07, 6.45) is -6.22. The lowest BCUT2D eigenvalue weighted by Crippen LogP contribution is -2.52. The summed E-state index contributed by atoms with van der Waals surface area (Å²) in [5.41, 5.74) is 0.413. The molecule has 2 aliphatic rings. The maximum atomic E-state index is 13.9. The summed E-state index contributed by atoms with van der Waals surface area (Å²) in [4.78, 5) is 49.7. The predicted octanol–water partition coefficient (Wildman–Crippen LogP) is 3.37. The van der Waals surface area contributed by atoms with Gasteiger partial charge in [0, 0.05) is 30.7 Å². The van der Waals surface area contributed by atoms with Crippen molar-refractivity contribution in [2.75, 3.05) is 5.32 Å². The summed E-state index contributed by atoms with van der Waals surface area (Å²) in [6.45, 7) is -0.256. The molecule has 0 spiro atoms. The van der Waals surface area contributed by atoms with Gasteiger partial charge >= 0.3 is 12.5 Å². The molecule has 190 valence electrons. The fourth-order valence-electron chi connectivity index (χ4n) is 3.81. The SMILES string of the molecule is O=C1CCC(N2Cc3ccc(COC(=O)Nc4cc(OC(F)(F)F)c(F)cc4F)cc3C2=O)C(=O)N1. The highest BCUT2D eigenvalue weighted by molar-refractivity contribution is 6.05. The number of fused-ring (bicyclic) bond motifs is 1. The molecule has 0 radical (unpaired) electrons. The lowest BCUT2D eigenvalue weighted by atomic mass is 10.0. The molecule has 2 aromatic carbocycles. The topological polar surface area (TPSA) is 114 Å². The van der Waals surface area contributed by atoms with Gasteiger partial charge in [-0.15, -0.1) is 13.2 Å². The van der Waals surface area contributed by atoms with Crippen LogP contribution in [0.2, 0.25) is 0 Å². The summed E-state index contributed by atoms with van der Waals surface area (Å²) in [6, 6.07) is 4.19. The second-order valence-corrected chi connectivity index (χ2v) is 7.90. The third-order valence-corrected chi connectivity index (χ3v) is 5.45. The summed E-state index contributed by atoms with van der Waals surface area (Å²) < 4.78 is 72.8. The summed E-state index contributed by atoms with van der Waals surface area (Å²) in [5, 5.41) is 4.05. The van der Waals surface area contributed by atoms with Crippen LogP contribution in [0.1, 0.15) is 34.3 Å². The largest absolute Gasteiger partial charge is 0.573 e. The molecule has 0 aromatic heterocycles. The number of benzene rings is 2. The summed E-state index contributed by atoms with van der Waals surface area (Å²) >= 11 is 0. The van der Waals surface area contributed by atoms with Crippen LogP contribution in [0.5, 0.6) is 5.75 Å².